The highest BCUT2D eigenvalue weighted by molar-refractivity contribution is 5.80. The molecule has 23 heavy (non-hydrogen) atoms. The van der Waals surface area contributed by atoms with Gasteiger partial charge in [0.05, 0.1) is 0 Å². The average molecular weight is 319 g/mol. The van der Waals surface area contributed by atoms with E-state index < -0.39 is 11.1 Å². The SMILES string of the molecule is C=CCCC[C@H](CC)C(=O)N(CC)[C@@]1(O)C=CC=C[C@@]1(C)CC. The molecule has 3 nitrogen and oxygen atoms in total. The Bertz CT molecular complexity index is 468. The fourth-order valence-corrected chi connectivity index (χ4v) is 3.34. The van der Waals surface area contributed by atoms with E-state index in [0.29, 0.717) is 6.54 Å². The number of carbonyl (C=O) groups excluding carboxylic acids is 1. The van der Waals surface area contributed by atoms with Gasteiger partial charge in [-0.1, -0.05) is 45.1 Å². The van der Waals surface area contributed by atoms with Crippen LogP contribution in [0.1, 0.15) is 59.8 Å². The minimum Gasteiger partial charge on any atom is -0.366 e. The summed E-state index contributed by atoms with van der Waals surface area (Å²) in [6, 6.07) is 0. The van der Waals surface area contributed by atoms with Gasteiger partial charge in [0.1, 0.15) is 0 Å². The highest BCUT2D eigenvalue weighted by Crippen LogP contribution is 2.42. The first-order valence-corrected chi connectivity index (χ1v) is 8.92. The molecule has 0 aromatic heterocycles. The van der Waals surface area contributed by atoms with Crippen LogP contribution in [0.25, 0.3) is 0 Å². The van der Waals surface area contributed by atoms with E-state index in [0.717, 1.165) is 32.1 Å². The van der Waals surface area contributed by atoms with Crippen LogP contribution in [0, 0.1) is 11.3 Å². The maximum atomic E-state index is 13.1. The number of amides is 1. The van der Waals surface area contributed by atoms with E-state index in [1.807, 2.05) is 52.0 Å². The summed E-state index contributed by atoms with van der Waals surface area (Å²) in [6.07, 6.45) is 13.8. The van der Waals surface area contributed by atoms with Crippen molar-refractivity contribution >= 4 is 5.91 Å². The number of nitrogens with zero attached hydrogens (tertiary/aromatic N) is 1. The zero-order valence-electron chi connectivity index (χ0n) is 15.2. The smallest absolute Gasteiger partial charge is 0.228 e. The Kier molecular flexibility index (Phi) is 7.27. The summed E-state index contributed by atoms with van der Waals surface area (Å²) in [6.45, 7) is 12.3. The van der Waals surface area contributed by atoms with Crippen LogP contribution in [0.5, 0.6) is 0 Å². The Balaban J connectivity index is 3.04. The van der Waals surface area contributed by atoms with E-state index in [1.54, 1.807) is 11.0 Å². The second-order valence-corrected chi connectivity index (χ2v) is 6.62. The minimum absolute atomic E-state index is 0.0423. The number of aliphatic hydroxyl groups is 1. The quantitative estimate of drug-likeness (QED) is 0.387. The molecular weight excluding hydrogens is 286 g/mol. The molecule has 0 aromatic carbocycles. The minimum atomic E-state index is -1.26. The molecule has 0 unspecified atom stereocenters. The lowest BCUT2D eigenvalue weighted by Crippen LogP contribution is -2.61. The van der Waals surface area contributed by atoms with Crippen molar-refractivity contribution in [1.29, 1.82) is 0 Å². The molecule has 1 amide bonds. The van der Waals surface area contributed by atoms with Gasteiger partial charge in [-0.2, -0.15) is 0 Å². The Hall–Kier alpha value is -1.35. The third-order valence-corrected chi connectivity index (χ3v) is 5.28. The molecule has 0 radical (unpaired) electrons. The van der Waals surface area contributed by atoms with Crippen LogP contribution in [0.4, 0.5) is 0 Å². The summed E-state index contributed by atoms with van der Waals surface area (Å²) in [5.41, 5.74) is -1.72. The molecule has 1 rings (SSSR count). The molecule has 0 spiro atoms. The van der Waals surface area contributed by atoms with Gasteiger partial charge in [0.25, 0.3) is 0 Å². The van der Waals surface area contributed by atoms with Gasteiger partial charge in [0.15, 0.2) is 5.72 Å². The van der Waals surface area contributed by atoms with E-state index in [4.69, 9.17) is 0 Å². The molecule has 0 heterocycles. The molecule has 0 aliphatic heterocycles. The molecule has 3 atom stereocenters. The summed E-state index contributed by atoms with van der Waals surface area (Å²) in [5, 5.41) is 11.4. The second kappa shape index (κ2) is 8.49. The van der Waals surface area contributed by atoms with Gasteiger partial charge in [-0.15, -0.1) is 6.58 Å². The lowest BCUT2D eigenvalue weighted by Gasteiger charge is -2.49. The predicted octanol–water partition coefficient (Wildman–Crippen LogP) is 4.45. The zero-order chi connectivity index (χ0) is 17.5. The number of carbonyl (C=O) groups is 1. The number of hydrogen-bond donors (Lipinski definition) is 1. The highest BCUT2D eigenvalue weighted by Gasteiger charge is 2.49. The molecule has 0 bridgehead atoms. The monoisotopic (exact) mass is 319 g/mol. The molecule has 1 aliphatic carbocycles. The van der Waals surface area contributed by atoms with Crippen molar-refractivity contribution < 1.29 is 9.90 Å². The van der Waals surface area contributed by atoms with Crippen molar-refractivity contribution in [2.24, 2.45) is 11.3 Å². The summed E-state index contributed by atoms with van der Waals surface area (Å²) in [4.78, 5) is 14.8. The molecule has 0 saturated heterocycles. The van der Waals surface area contributed by atoms with Gasteiger partial charge in [-0.05, 0) is 45.1 Å². The number of allylic oxidation sites excluding steroid dienone is 3. The second-order valence-electron chi connectivity index (χ2n) is 6.62. The summed E-state index contributed by atoms with van der Waals surface area (Å²) >= 11 is 0. The van der Waals surface area contributed by atoms with Crippen LogP contribution < -0.4 is 0 Å². The maximum absolute atomic E-state index is 13.1. The molecular formula is C20H33NO2. The normalized spacial score (nSPS) is 27.7. The molecule has 1 N–H and O–H groups in total. The fourth-order valence-electron chi connectivity index (χ4n) is 3.34. The van der Waals surface area contributed by atoms with Crippen molar-refractivity contribution in [1.82, 2.24) is 4.90 Å². The summed E-state index contributed by atoms with van der Waals surface area (Å²) < 4.78 is 0. The fraction of sp³-hybridized carbons (Fsp3) is 0.650. The maximum Gasteiger partial charge on any atom is 0.228 e. The largest absolute Gasteiger partial charge is 0.366 e. The molecule has 130 valence electrons. The molecule has 1 aliphatic rings. The third kappa shape index (κ3) is 3.95. The molecule has 0 fully saturated rings. The number of rotatable bonds is 9. The van der Waals surface area contributed by atoms with E-state index in [1.165, 1.54) is 0 Å². The first-order chi connectivity index (χ1) is 10.9. The van der Waals surface area contributed by atoms with E-state index in [9.17, 15) is 9.90 Å². The Morgan fingerprint density at radius 1 is 1.30 bits per heavy atom. The summed E-state index contributed by atoms with van der Waals surface area (Å²) in [7, 11) is 0. The summed E-state index contributed by atoms with van der Waals surface area (Å²) in [5.74, 6) is 0.0144. The Morgan fingerprint density at radius 2 is 1.96 bits per heavy atom. The molecule has 3 heteroatoms. The van der Waals surface area contributed by atoms with Gasteiger partial charge in [0.2, 0.25) is 5.91 Å². The van der Waals surface area contributed by atoms with Gasteiger partial charge in [-0.25, -0.2) is 0 Å². The Labute approximate surface area is 141 Å². The van der Waals surface area contributed by atoms with Crippen LogP contribution in [-0.4, -0.2) is 28.2 Å². The predicted molar refractivity (Wildman–Crippen MR) is 96.8 cm³/mol. The topological polar surface area (TPSA) is 40.5 Å². The van der Waals surface area contributed by atoms with Crippen molar-refractivity contribution in [2.45, 2.75) is 65.5 Å². The van der Waals surface area contributed by atoms with Gasteiger partial charge >= 0.3 is 0 Å². The van der Waals surface area contributed by atoms with Crippen LogP contribution in [0.2, 0.25) is 0 Å². The van der Waals surface area contributed by atoms with Gasteiger partial charge in [0, 0.05) is 17.9 Å². The lowest BCUT2D eigenvalue weighted by atomic mass is 9.72. The Morgan fingerprint density at radius 3 is 2.48 bits per heavy atom. The van der Waals surface area contributed by atoms with Gasteiger partial charge < -0.3 is 10.0 Å². The molecule has 0 saturated carbocycles. The van der Waals surface area contributed by atoms with Crippen molar-refractivity contribution in [3.05, 3.63) is 37.0 Å². The van der Waals surface area contributed by atoms with Crippen LogP contribution in [-0.2, 0) is 4.79 Å². The lowest BCUT2D eigenvalue weighted by molar-refractivity contribution is -0.173. The van der Waals surface area contributed by atoms with E-state index in [-0.39, 0.29) is 11.8 Å². The first kappa shape index (κ1) is 19.7. The highest BCUT2D eigenvalue weighted by atomic mass is 16.3. The van der Waals surface area contributed by atoms with E-state index in [2.05, 4.69) is 6.58 Å². The van der Waals surface area contributed by atoms with E-state index >= 15 is 0 Å². The van der Waals surface area contributed by atoms with Crippen molar-refractivity contribution in [3.8, 4) is 0 Å². The number of unbranched alkanes of at least 4 members (excludes halogenated alkanes) is 1. The average Bonchev–Trinajstić information content (AvgIpc) is 2.55. The standard InChI is InChI=1S/C20H33NO2/c1-6-10-11-14-17(7-2)18(22)21(9-4)20(23)16-13-12-15-19(20,5)8-3/h6,12-13,15-17,23H,1,7-11,14H2,2-5H3/t17-,19+,20+/m0/s1. The van der Waals surface area contributed by atoms with Crippen LogP contribution in [0.3, 0.4) is 0 Å². The zero-order valence-corrected chi connectivity index (χ0v) is 15.2. The van der Waals surface area contributed by atoms with Crippen molar-refractivity contribution in [3.63, 3.8) is 0 Å². The number of likely N-dealkylation sites (N-methyl/N-ethyl adjacent to an activating group) is 1. The van der Waals surface area contributed by atoms with Crippen LogP contribution in [0.15, 0.2) is 37.0 Å². The van der Waals surface area contributed by atoms with Crippen molar-refractivity contribution in [2.75, 3.05) is 6.54 Å². The van der Waals surface area contributed by atoms with Gasteiger partial charge in [-0.3, -0.25) is 4.79 Å². The van der Waals surface area contributed by atoms with Crippen LogP contribution >= 0.6 is 0 Å². The number of hydrogen-bond acceptors (Lipinski definition) is 2. The molecule has 0 aromatic rings. The first-order valence-electron chi connectivity index (χ1n) is 8.92. The third-order valence-electron chi connectivity index (χ3n) is 5.28.